The Bertz CT molecular complexity index is 804. The number of halogens is 3. The molecule has 0 amide bonds. The molecule has 0 N–H and O–H groups in total. The quantitative estimate of drug-likeness (QED) is 0.638. The van der Waals surface area contributed by atoms with Crippen LogP contribution in [0.2, 0.25) is 5.02 Å². The second kappa shape index (κ2) is 5.91. The van der Waals surface area contributed by atoms with E-state index in [2.05, 4.69) is 0 Å². The van der Waals surface area contributed by atoms with Crippen molar-refractivity contribution in [1.82, 2.24) is 0 Å². The third-order valence-electron chi connectivity index (χ3n) is 2.72. The molecule has 0 spiro atoms. The van der Waals surface area contributed by atoms with E-state index in [0.717, 1.165) is 6.07 Å². The average molecular weight is 331 g/mol. The highest BCUT2D eigenvalue weighted by Gasteiger charge is 2.21. The van der Waals surface area contributed by atoms with Crippen molar-refractivity contribution in [2.45, 2.75) is 4.90 Å². The predicted octanol–water partition coefficient (Wildman–Crippen LogP) is 3.27. The van der Waals surface area contributed by atoms with E-state index in [1.165, 1.54) is 18.2 Å². The van der Waals surface area contributed by atoms with Gasteiger partial charge in [-0.1, -0.05) is 23.7 Å². The van der Waals surface area contributed by atoms with Crippen LogP contribution in [0.4, 0.5) is 8.78 Å². The highest BCUT2D eigenvalue weighted by atomic mass is 35.5. The van der Waals surface area contributed by atoms with Crippen LogP contribution in [0, 0.1) is 11.6 Å². The summed E-state index contributed by atoms with van der Waals surface area (Å²) in [7, 11) is -4.06. The molecule has 2 aromatic rings. The fourth-order valence-electron chi connectivity index (χ4n) is 1.67. The van der Waals surface area contributed by atoms with Crippen molar-refractivity contribution in [3.63, 3.8) is 0 Å². The second-order valence-electron chi connectivity index (χ2n) is 4.27. The molecule has 110 valence electrons. The summed E-state index contributed by atoms with van der Waals surface area (Å²) in [5, 5.41) is 0.297. The Hall–Kier alpha value is -1.79. The van der Waals surface area contributed by atoms with Gasteiger partial charge in [-0.15, -0.1) is 0 Å². The van der Waals surface area contributed by atoms with E-state index in [1.807, 2.05) is 0 Å². The van der Waals surface area contributed by atoms with Crippen molar-refractivity contribution < 1.29 is 22.0 Å². The largest absolute Gasteiger partial charge is 0.293 e. The third-order valence-corrected chi connectivity index (χ3v) is 4.57. The number of rotatable bonds is 4. The maximum atomic E-state index is 13.1. The lowest BCUT2D eigenvalue weighted by Crippen LogP contribution is -2.16. The Morgan fingerprint density at radius 1 is 1.05 bits per heavy atom. The summed E-state index contributed by atoms with van der Waals surface area (Å²) in [6.45, 7) is 0. The number of hydrogen-bond acceptors (Lipinski definition) is 3. The highest BCUT2D eigenvalue weighted by molar-refractivity contribution is 7.92. The molecule has 21 heavy (non-hydrogen) atoms. The van der Waals surface area contributed by atoms with Gasteiger partial charge < -0.3 is 0 Å². The Balaban J connectivity index is 2.29. The number of ketones is 1. The summed E-state index contributed by atoms with van der Waals surface area (Å²) in [6.07, 6.45) is 0. The fourth-order valence-corrected chi connectivity index (χ4v) is 3.10. The van der Waals surface area contributed by atoms with Crippen LogP contribution in [-0.4, -0.2) is 20.0 Å². The summed E-state index contributed by atoms with van der Waals surface area (Å²) in [5.74, 6) is -3.97. The van der Waals surface area contributed by atoms with Crippen LogP contribution in [0.25, 0.3) is 0 Å². The molecule has 0 aliphatic rings. The molecule has 2 aromatic carbocycles. The standard InChI is InChI=1S/C14H9ClF2O3S/c15-10-3-1-2-9(6-10)14(18)8-21(19,20)11-4-5-12(16)13(17)7-11/h1-7H,8H2. The minimum absolute atomic E-state index is 0.133. The minimum atomic E-state index is -4.06. The molecule has 0 fully saturated rings. The minimum Gasteiger partial charge on any atom is -0.293 e. The van der Waals surface area contributed by atoms with Gasteiger partial charge in [-0.3, -0.25) is 4.79 Å². The zero-order valence-corrected chi connectivity index (χ0v) is 12.1. The first-order valence-electron chi connectivity index (χ1n) is 5.76. The maximum absolute atomic E-state index is 13.1. The van der Waals surface area contributed by atoms with Gasteiger partial charge in [0.2, 0.25) is 0 Å². The lowest BCUT2D eigenvalue weighted by molar-refractivity contribution is 0.102. The second-order valence-corrected chi connectivity index (χ2v) is 6.69. The van der Waals surface area contributed by atoms with Crippen molar-refractivity contribution >= 4 is 27.2 Å². The molecule has 0 saturated carbocycles. The van der Waals surface area contributed by atoms with Gasteiger partial charge in [0.05, 0.1) is 4.90 Å². The molecular weight excluding hydrogens is 322 g/mol. The lowest BCUT2D eigenvalue weighted by atomic mass is 10.1. The topological polar surface area (TPSA) is 51.2 Å². The predicted molar refractivity (Wildman–Crippen MR) is 74.2 cm³/mol. The zero-order valence-electron chi connectivity index (χ0n) is 10.5. The summed E-state index contributed by atoms with van der Waals surface area (Å²) in [6, 6.07) is 7.99. The van der Waals surface area contributed by atoms with E-state index in [9.17, 15) is 22.0 Å². The van der Waals surface area contributed by atoms with E-state index in [4.69, 9.17) is 11.6 Å². The van der Waals surface area contributed by atoms with Gasteiger partial charge in [0.15, 0.2) is 27.3 Å². The van der Waals surface area contributed by atoms with Crippen LogP contribution in [0.5, 0.6) is 0 Å². The van der Waals surface area contributed by atoms with Crippen LogP contribution < -0.4 is 0 Å². The Labute approximate surface area is 125 Å². The Morgan fingerprint density at radius 2 is 1.76 bits per heavy atom. The first-order chi connectivity index (χ1) is 9.79. The Kier molecular flexibility index (Phi) is 4.39. The fraction of sp³-hybridized carbons (Fsp3) is 0.0714. The van der Waals surface area contributed by atoms with Crippen LogP contribution in [0.3, 0.4) is 0 Å². The molecule has 0 aromatic heterocycles. The molecule has 7 heteroatoms. The number of sulfone groups is 1. The van der Waals surface area contributed by atoms with E-state index < -0.39 is 37.9 Å². The third kappa shape index (κ3) is 3.65. The van der Waals surface area contributed by atoms with Crippen LogP contribution in [-0.2, 0) is 9.84 Å². The van der Waals surface area contributed by atoms with Gasteiger partial charge in [0.1, 0.15) is 5.75 Å². The van der Waals surface area contributed by atoms with Gasteiger partial charge >= 0.3 is 0 Å². The van der Waals surface area contributed by atoms with Crippen molar-refractivity contribution in [2.75, 3.05) is 5.75 Å². The first kappa shape index (κ1) is 15.6. The number of carbonyl (C=O) groups is 1. The molecular formula is C14H9ClF2O3S. The van der Waals surface area contributed by atoms with E-state index >= 15 is 0 Å². The SMILES string of the molecule is O=C(CS(=O)(=O)c1ccc(F)c(F)c1)c1cccc(Cl)c1. The maximum Gasteiger partial charge on any atom is 0.185 e. The molecule has 0 saturated heterocycles. The van der Waals surface area contributed by atoms with Gasteiger partial charge in [-0.05, 0) is 30.3 Å². The number of carbonyl (C=O) groups excluding carboxylic acids is 1. The normalized spacial score (nSPS) is 11.4. The summed E-state index contributed by atoms with van der Waals surface area (Å²) < 4.78 is 49.9. The monoisotopic (exact) mass is 330 g/mol. The van der Waals surface area contributed by atoms with Crippen molar-refractivity contribution in [2.24, 2.45) is 0 Å². The summed E-state index contributed by atoms with van der Waals surface area (Å²) in [4.78, 5) is 11.5. The Morgan fingerprint density at radius 3 is 2.38 bits per heavy atom. The van der Waals surface area contributed by atoms with Crippen molar-refractivity contribution in [3.05, 3.63) is 64.7 Å². The molecule has 2 rings (SSSR count). The first-order valence-corrected chi connectivity index (χ1v) is 7.79. The molecule has 0 atom stereocenters. The van der Waals surface area contributed by atoms with Gasteiger partial charge in [0.25, 0.3) is 0 Å². The van der Waals surface area contributed by atoms with Gasteiger partial charge in [-0.2, -0.15) is 0 Å². The van der Waals surface area contributed by atoms with Gasteiger partial charge in [0, 0.05) is 10.6 Å². The van der Waals surface area contributed by atoms with Crippen LogP contribution in [0.15, 0.2) is 47.4 Å². The smallest absolute Gasteiger partial charge is 0.185 e. The highest BCUT2D eigenvalue weighted by Crippen LogP contribution is 2.17. The molecule has 0 unspecified atom stereocenters. The van der Waals surface area contributed by atoms with E-state index in [-0.39, 0.29) is 5.56 Å². The van der Waals surface area contributed by atoms with Crippen molar-refractivity contribution in [1.29, 1.82) is 0 Å². The van der Waals surface area contributed by atoms with Crippen LogP contribution in [0.1, 0.15) is 10.4 Å². The lowest BCUT2D eigenvalue weighted by Gasteiger charge is -2.05. The molecule has 0 aliphatic carbocycles. The molecule has 0 heterocycles. The van der Waals surface area contributed by atoms with E-state index in [1.54, 1.807) is 6.07 Å². The number of benzene rings is 2. The summed E-state index contributed by atoms with van der Waals surface area (Å²) >= 11 is 5.72. The van der Waals surface area contributed by atoms with Crippen molar-refractivity contribution in [3.8, 4) is 0 Å². The summed E-state index contributed by atoms with van der Waals surface area (Å²) in [5.41, 5.74) is 0.133. The number of hydrogen-bond donors (Lipinski definition) is 0. The van der Waals surface area contributed by atoms with Gasteiger partial charge in [-0.25, -0.2) is 17.2 Å². The molecule has 0 radical (unpaired) electrons. The molecule has 0 bridgehead atoms. The zero-order chi connectivity index (χ0) is 15.6. The van der Waals surface area contributed by atoms with Crippen LogP contribution >= 0.6 is 11.6 Å². The number of Topliss-reactive ketones (excluding diaryl/α,β-unsaturated/α-hetero) is 1. The average Bonchev–Trinajstić information content (AvgIpc) is 2.41. The molecule has 3 nitrogen and oxygen atoms in total. The molecule has 0 aliphatic heterocycles. The van der Waals surface area contributed by atoms with E-state index in [0.29, 0.717) is 17.2 Å².